The normalized spacial score (nSPS) is 20.5. The van der Waals surface area contributed by atoms with Gasteiger partial charge in [-0.3, -0.25) is 9.52 Å². The van der Waals surface area contributed by atoms with Crippen LogP contribution in [0.1, 0.15) is 50.4 Å². The summed E-state index contributed by atoms with van der Waals surface area (Å²) in [4.78, 5) is 30.4. The minimum atomic E-state index is -3.85. The average Bonchev–Trinajstić information content (AvgIpc) is 3.59. The van der Waals surface area contributed by atoms with Gasteiger partial charge in [-0.15, -0.1) is 11.3 Å². The Kier molecular flexibility index (Phi) is 12.4. The second kappa shape index (κ2) is 16.3. The van der Waals surface area contributed by atoms with E-state index < -0.39 is 28.1 Å². The molecular formula is C33H44N4O7S2. The number of aliphatic hydroxyl groups excluding tert-OH is 1. The molecule has 0 saturated heterocycles. The summed E-state index contributed by atoms with van der Waals surface area (Å²) in [5, 5.41) is 14.7. The molecular weight excluding hydrogens is 629 g/mol. The molecule has 0 fully saturated rings. The van der Waals surface area contributed by atoms with Crippen molar-refractivity contribution < 1.29 is 32.6 Å². The molecule has 1 aromatic heterocycles. The van der Waals surface area contributed by atoms with Crippen molar-refractivity contribution in [2.45, 2.75) is 62.5 Å². The first-order valence-electron chi connectivity index (χ1n) is 15.5. The van der Waals surface area contributed by atoms with Gasteiger partial charge in [-0.05, 0) is 74.9 Å². The standard InChI is InChI=1S/C33H44N4O7S2/c1-23-20-37(24(2)22-38)32(39)28-19-27(35-46(41,42)31-14-10-18-45-31)15-16-29(28)44-25(3)11-8-9-17-43-30(23)21-36(4)33(40)34-26-12-6-5-7-13-26/h5-7,10,12-16,18-19,23-25,30,35,38H,8-9,11,17,20-22H2,1-4H3,(H,34,40)/t23-,24-,25-,30-/m0/s1. The lowest BCUT2D eigenvalue weighted by molar-refractivity contribution is -0.0115. The molecule has 46 heavy (non-hydrogen) atoms. The van der Waals surface area contributed by atoms with Crippen molar-refractivity contribution in [3.63, 3.8) is 0 Å². The molecule has 2 aromatic carbocycles. The fraction of sp³-hybridized carbons (Fsp3) is 0.455. The number of sulfonamides is 1. The third-order valence-corrected chi connectivity index (χ3v) is 10.7. The molecule has 4 rings (SSSR count). The lowest BCUT2D eigenvalue weighted by Gasteiger charge is -2.35. The SMILES string of the molecule is C[C@H]1CCCCO[C@@H](CN(C)C(=O)Nc2ccccc2)[C@@H](C)CN([C@@H](C)CO)C(=O)c2cc(NS(=O)(=O)c3cccs3)ccc2O1. The summed E-state index contributed by atoms with van der Waals surface area (Å²) in [5.74, 6) is -0.322. The molecule has 0 saturated carbocycles. The molecule has 250 valence electrons. The Morgan fingerprint density at radius 3 is 2.57 bits per heavy atom. The van der Waals surface area contributed by atoms with Gasteiger partial charge in [0.05, 0.1) is 30.4 Å². The van der Waals surface area contributed by atoms with Gasteiger partial charge in [0.2, 0.25) is 0 Å². The number of nitrogens with one attached hydrogen (secondary N) is 2. The first kappa shape index (κ1) is 35.2. The number of anilines is 2. The van der Waals surface area contributed by atoms with E-state index in [0.29, 0.717) is 24.5 Å². The molecule has 0 spiro atoms. The number of fused-ring (bicyclic) bond motifs is 1. The van der Waals surface area contributed by atoms with Crippen LogP contribution in [0.2, 0.25) is 0 Å². The molecule has 4 atom stereocenters. The van der Waals surface area contributed by atoms with E-state index in [4.69, 9.17) is 9.47 Å². The van der Waals surface area contributed by atoms with Gasteiger partial charge in [0.25, 0.3) is 15.9 Å². The number of thiophene rings is 1. The number of hydrogen-bond donors (Lipinski definition) is 3. The number of aliphatic hydroxyl groups is 1. The molecule has 1 aliphatic heterocycles. The maximum Gasteiger partial charge on any atom is 0.321 e. The smallest absolute Gasteiger partial charge is 0.321 e. The zero-order valence-corrected chi connectivity index (χ0v) is 28.4. The molecule has 3 aromatic rings. The number of ether oxygens (including phenoxy) is 2. The summed E-state index contributed by atoms with van der Waals surface area (Å²) in [5.41, 5.74) is 1.08. The van der Waals surface area contributed by atoms with Crippen molar-refractivity contribution in [1.82, 2.24) is 9.80 Å². The summed E-state index contributed by atoms with van der Waals surface area (Å²) in [7, 11) is -2.15. The van der Waals surface area contributed by atoms with Crippen LogP contribution in [0.5, 0.6) is 5.75 Å². The summed E-state index contributed by atoms with van der Waals surface area (Å²) in [6.07, 6.45) is 1.67. The van der Waals surface area contributed by atoms with E-state index in [9.17, 15) is 23.1 Å². The number of amides is 3. The van der Waals surface area contributed by atoms with Gasteiger partial charge in [-0.25, -0.2) is 13.2 Å². The van der Waals surface area contributed by atoms with Gasteiger partial charge in [0, 0.05) is 44.0 Å². The summed E-state index contributed by atoms with van der Waals surface area (Å²) < 4.78 is 41.2. The number of carbonyl (C=O) groups is 2. The summed E-state index contributed by atoms with van der Waals surface area (Å²) in [6.45, 7) is 6.29. The third-order valence-electron chi connectivity index (χ3n) is 7.89. The molecule has 1 aliphatic rings. The van der Waals surface area contributed by atoms with Crippen molar-refractivity contribution in [1.29, 1.82) is 0 Å². The quantitative estimate of drug-likeness (QED) is 0.287. The fourth-order valence-corrected chi connectivity index (χ4v) is 7.21. The van der Waals surface area contributed by atoms with E-state index >= 15 is 0 Å². The number of urea groups is 1. The highest BCUT2D eigenvalue weighted by molar-refractivity contribution is 7.94. The zero-order valence-electron chi connectivity index (χ0n) is 26.7. The van der Waals surface area contributed by atoms with Crippen molar-refractivity contribution in [3.8, 4) is 5.75 Å². The van der Waals surface area contributed by atoms with Crippen LogP contribution in [0.25, 0.3) is 0 Å². The van der Waals surface area contributed by atoms with Crippen molar-refractivity contribution in [3.05, 3.63) is 71.6 Å². The molecule has 3 amide bonds. The van der Waals surface area contributed by atoms with Gasteiger partial charge in [-0.1, -0.05) is 31.2 Å². The van der Waals surface area contributed by atoms with Gasteiger partial charge >= 0.3 is 6.03 Å². The lowest BCUT2D eigenvalue weighted by atomic mass is 10.0. The largest absolute Gasteiger partial charge is 0.490 e. The van der Waals surface area contributed by atoms with Crippen LogP contribution in [0.3, 0.4) is 0 Å². The Balaban J connectivity index is 1.62. The average molecular weight is 673 g/mol. The highest BCUT2D eigenvalue weighted by Gasteiger charge is 2.31. The maximum atomic E-state index is 14.3. The Hall–Kier alpha value is -3.65. The van der Waals surface area contributed by atoms with Crippen LogP contribution in [0, 0.1) is 5.92 Å². The molecule has 0 bridgehead atoms. The highest BCUT2D eigenvalue weighted by atomic mass is 32.2. The number of rotatable bonds is 8. The lowest BCUT2D eigenvalue weighted by Crippen LogP contribution is -2.48. The van der Waals surface area contributed by atoms with Crippen LogP contribution in [0.15, 0.2) is 70.3 Å². The molecule has 0 unspecified atom stereocenters. The van der Waals surface area contributed by atoms with Crippen molar-refractivity contribution in [2.24, 2.45) is 5.92 Å². The second-order valence-corrected chi connectivity index (χ2v) is 14.6. The zero-order chi connectivity index (χ0) is 33.3. The van der Waals surface area contributed by atoms with Crippen LogP contribution >= 0.6 is 11.3 Å². The maximum absolute atomic E-state index is 14.3. The van der Waals surface area contributed by atoms with Crippen LogP contribution in [0.4, 0.5) is 16.2 Å². The van der Waals surface area contributed by atoms with Crippen molar-refractivity contribution in [2.75, 3.05) is 43.4 Å². The predicted molar refractivity (Wildman–Crippen MR) is 180 cm³/mol. The Bertz CT molecular complexity index is 1540. The van der Waals surface area contributed by atoms with E-state index in [0.717, 1.165) is 24.2 Å². The minimum Gasteiger partial charge on any atom is -0.490 e. The first-order chi connectivity index (χ1) is 22.0. The Morgan fingerprint density at radius 1 is 1.11 bits per heavy atom. The third kappa shape index (κ3) is 9.44. The number of para-hydroxylation sites is 1. The topological polar surface area (TPSA) is 138 Å². The van der Waals surface area contributed by atoms with Gasteiger partial charge in [0.1, 0.15) is 9.96 Å². The fourth-order valence-electron chi connectivity index (χ4n) is 5.16. The van der Waals surface area contributed by atoms with E-state index in [-0.39, 0.29) is 53.2 Å². The Morgan fingerprint density at radius 2 is 1.87 bits per heavy atom. The number of likely N-dealkylation sites (N-methyl/N-ethyl adjacent to an activating group) is 1. The Labute approximate surface area is 275 Å². The number of hydrogen-bond acceptors (Lipinski definition) is 8. The minimum absolute atomic E-state index is 0.154. The molecule has 3 N–H and O–H groups in total. The van der Waals surface area contributed by atoms with Gasteiger partial charge < -0.3 is 29.7 Å². The highest BCUT2D eigenvalue weighted by Crippen LogP contribution is 2.30. The van der Waals surface area contributed by atoms with Crippen LogP contribution in [-0.2, 0) is 14.8 Å². The number of nitrogens with zero attached hydrogens (tertiary/aromatic N) is 2. The first-order valence-corrected chi connectivity index (χ1v) is 17.8. The number of carbonyl (C=O) groups excluding carboxylic acids is 2. The van der Waals surface area contributed by atoms with Crippen LogP contribution in [-0.4, -0.2) is 86.9 Å². The monoisotopic (exact) mass is 672 g/mol. The van der Waals surface area contributed by atoms with E-state index in [1.807, 2.05) is 44.2 Å². The molecule has 2 heterocycles. The summed E-state index contributed by atoms with van der Waals surface area (Å²) >= 11 is 1.09. The van der Waals surface area contributed by atoms with E-state index in [1.165, 1.54) is 12.1 Å². The molecule has 11 nitrogen and oxygen atoms in total. The second-order valence-electron chi connectivity index (χ2n) is 11.7. The number of benzene rings is 2. The molecule has 0 aliphatic carbocycles. The van der Waals surface area contributed by atoms with Gasteiger partial charge in [-0.2, -0.15) is 0 Å². The predicted octanol–water partition coefficient (Wildman–Crippen LogP) is 5.51. The summed E-state index contributed by atoms with van der Waals surface area (Å²) in [6, 6.07) is 16.2. The van der Waals surface area contributed by atoms with E-state index in [1.54, 1.807) is 47.4 Å². The molecule has 13 heteroatoms. The van der Waals surface area contributed by atoms with E-state index in [2.05, 4.69) is 10.0 Å². The van der Waals surface area contributed by atoms with Crippen molar-refractivity contribution >= 4 is 44.7 Å². The van der Waals surface area contributed by atoms with Gasteiger partial charge in [0.15, 0.2) is 0 Å². The molecule has 0 radical (unpaired) electrons. The van der Waals surface area contributed by atoms with Crippen LogP contribution < -0.4 is 14.8 Å².